The number of nitro groups is 1. The number of amides is 1. The molecule has 2 aromatic carbocycles. The minimum Gasteiger partial charge on any atom is -0.484 e. The number of aryl methyl sites for hydroxylation is 1. The predicted octanol–water partition coefficient (Wildman–Crippen LogP) is 2.92. The van der Waals surface area contributed by atoms with E-state index < -0.39 is 4.92 Å². The van der Waals surface area contributed by atoms with E-state index in [1.165, 1.54) is 12.1 Å². The largest absolute Gasteiger partial charge is 0.484 e. The van der Waals surface area contributed by atoms with Gasteiger partial charge in [-0.3, -0.25) is 14.9 Å². The smallest absolute Gasteiger partial charge is 0.271 e. The van der Waals surface area contributed by atoms with Gasteiger partial charge in [0.15, 0.2) is 6.61 Å². The molecule has 0 heterocycles. The molecule has 1 amide bonds. The molecule has 108 valence electrons. The van der Waals surface area contributed by atoms with Crippen LogP contribution in [0.1, 0.15) is 5.56 Å². The highest BCUT2D eigenvalue weighted by molar-refractivity contribution is 5.93. The molecule has 21 heavy (non-hydrogen) atoms. The molecule has 0 bridgehead atoms. The highest BCUT2D eigenvalue weighted by atomic mass is 16.6. The van der Waals surface area contributed by atoms with Crippen molar-refractivity contribution in [1.82, 2.24) is 0 Å². The van der Waals surface area contributed by atoms with Crippen molar-refractivity contribution in [2.75, 3.05) is 11.9 Å². The number of non-ortho nitro benzene ring substituents is 1. The fourth-order valence-electron chi connectivity index (χ4n) is 1.71. The second-order valence-electron chi connectivity index (χ2n) is 4.41. The summed E-state index contributed by atoms with van der Waals surface area (Å²) < 4.78 is 5.31. The van der Waals surface area contributed by atoms with Gasteiger partial charge in [0.2, 0.25) is 0 Å². The zero-order chi connectivity index (χ0) is 15.2. The van der Waals surface area contributed by atoms with Crippen molar-refractivity contribution >= 4 is 17.3 Å². The first kappa shape index (κ1) is 14.5. The molecular weight excluding hydrogens is 272 g/mol. The molecule has 0 spiro atoms. The number of rotatable bonds is 5. The Kier molecular flexibility index (Phi) is 4.50. The number of carbonyl (C=O) groups is 1. The number of para-hydroxylation sites is 1. The molecule has 2 aromatic rings. The van der Waals surface area contributed by atoms with E-state index in [4.69, 9.17) is 4.74 Å². The van der Waals surface area contributed by atoms with Crippen LogP contribution in [0.4, 0.5) is 11.4 Å². The van der Waals surface area contributed by atoms with E-state index in [2.05, 4.69) is 5.32 Å². The first-order chi connectivity index (χ1) is 10.1. The van der Waals surface area contributed by atoms with Gasteiger partial charge in [0.25, 0.3) is 11.6 Å². The van der Waals surface area contributed by atoms with Crippen LogP contribution in [0.5, 0.6) is 5.75 Å². The van der Waals surface area contributed by atoms with E-state index in [1.54, 1.807) is 37.3 Å². The van der Waals surface area contributed by atoms with Crippen molar-refractivity contribution in [2.24, 2.45) is 0 Å². The Morgan fingerprint density at radius 2 is 1.95 bits per heavy atom. The number of nitro benzene ring substituents is 1. The number of hydrogen-bond acceptors (Lipinski definition) is 4. The second kappa shape index (κ2) is 6.51. The van der Waals surface area contributed by atoms with E-state index >= 15 is 0 Å². The molecule has 6 nitrogen and oxygen atoms in total. The van der Waals surface area contributed by atoms with Crippen LogP contribution in [0.2, 0.25) is 0 Å². The van der Waals surface area contributed by atoms with Crippen LogP contribution in [0.3, 0.4) is 0 Å². The molecule has 6 heteroatoms. The first-order valence-corrected chi connectivity index (χ1v) is 6.29. The van der Waals surface area contributed by atoms with Crippen LogP contribution >= 0.6 is 0 Å². The molecule has 0 atom stereocenters. The number of carbonyl (C=O) groups excluding carboxylic acids is 1. The van der Waals surface area contributed by atoms with E-state index in [-0.39, 0.29) is 18.2 Å². The van der Waals surface area contributed by atoms with E-state index in [1.807, 2.05) is 6.07 Å². The molecule has 0 aliphatic carbocycles. The van der Waals surface area contributed by atoms with Gasteiger partial charge in [-0.05, 0) is 24.6 Å². The Labute approximate surface area is 121 Å². The van der Waals surface area contributed by atoms with Crippen molar-refractivity contribution in [3.63, 3.8) is 0 Å². The van der Waals surface area contributed by atoms with Gasteiger partial charge >= 0.3 is 0 Å². The molecule has 2 rings (SSSR count). The first-order valence-electron chi connectivity index (χ1n) is 6.29. The molecule has 0 saturated carbocycles. The number of nitrogens with zero attached hydrogens (tertiary/aromatic N) is 1. The third kappa shape index (κ3) is 4.04. The van der Waals surface area contributed by atoms with Gasteiger partial charge in [0, 0.05) is 12.1 Å². The van der Waals surface area contributed by atoms with Crippen LogP contribution in [0.15, 0.2) is 48.5 Å². The van der Waals surface area contributed by atoms with Gasteiger partial charge in [0.1, 0.15) is 5.75 Å². The lowest BCUT2D eigenvalue weighted by molar-refractivity contribution is -0.384. The third-order valence-corrected chi connectivity index (χ3v) is 2.82. The number of ether oxygens (including phenoxy) is 1. The number of anilines is 1. The summed E-state index contributed by atoms with van der Waals surface area (Å²) in [6, 6.07) is 13.3. The molecule has 0 fully saturated rings. The molecule has 0 aliphatic rings. The summed E-state index contributed by atoms with van der Waals surface area (Å²) in [5, 5.41) is 13.3. The van der Waals surface area contributed by atoms with E-state index in [0.717, 1.165) is 5.56 Å². The molecule has 0 aromatic heterocycles. The number of hydrogen-bond donors (Lipinski definition) is 1. The van der Waals surface area contributed by atoms with Gasteiger partial charge in [0.05, 0.1) is 10.6 Å². The van der Waals surface area contributed by atoms with Crippen LogP contribution in [0.25, 0.3) is 0 Å². The summed E-state index contributed by atoms with van der Waals surface area (Å²) in [7, 11) is 0. The Hall–Kier alpha value is -2.89. The minimum absolute atomic E-state index is 0.0696. The van der Waals surface area contributed by atoms with Crippen molar-refractivity contribution in [1.29, 1.82) is 0 Å². The highest BCUT2D eigenvalue weighted by Gasteiger charge is 2.11. The molecule has 0 radical (unpaired) electrons. The highest BCUT2D eigenvalue weighted by Crippen LogP contribution is 2.21. The van der Waals surface area contributed by atoms with Crippen LogP contribution < -0.4 is 10.1 Å². The predicted molar refractivity (Wildman–Crippen MR) is 78.4 cm³/mol. The van der Waals surface area contributed by atoms with Crippen molar-refractivity contribution < 1.29 is 14.5 Å². The molecule has 0 aliphatic heterocycles. The normalized spacial score (nSPS) is 9.95. The average molecular weight is 286 g/mol. The van der Waals surface area contributed by atoms with E-state index in [9.17, 15) is 14.9 Å². The van der Waals surface area contributed by atoms with Gasteiger partial charge in [-0.1, -0.05) is 24.3 Å². The van der Waals surface area contributed by atoms with Gasteiger partial charge < -0.3 is 10.1 Å². The summed E-state index contributed by atoms with van der Waals surface area (Å²) in [6.45, 7) is 1.60. The summed E-state index contributed by atoms with van der Waals surface area (Å²) in [6.07, 6.45) is 0. The zero-order valence-electron chi connectivity index (χ0n) is 11.4. The van der Waals surface area contributed by atoms with Crippen molar-refractivity contribution in [3.8, 4) is 5.75 Å². The summed E-state index contributed by atoms with van der Waals surface area (Å²) in [5.74, 6) is 0.214. The summed E-state index contributed by atoms with van der Waals surface area (Å²) in [5.41, 5.74) is 1.08. The lowest BCUT2D eigenvalue weighted by Gasteiger charge is -2.09. The second-order valence-corrected chi connectivity index (χ2v) is 4.41. The van der Waals surface area contributed by atoms with Crippen LogP contribution in [-0.4, -0.2) is 17.4 Å². The maximum Gasteiger partial charge on any atom is 0.271 e. The molecular formula is C15H14N2O4. The zero-order valence-corrected chi connectivity index (χ0v) is 11.4. The average Bonchev–Trinajstić information content (AvgIpc) is 2.48. The fraction of sp³-hybridized carbons (Fsp3) is 0.133. The van der Waals surface area contributed by atoms with Gasteiger partial charge in [-0.25, -0.2) is 0 Å². The topological polar surface area (TPSA) is 81.5 Å². The summed E-state index contributed by atoms with van der Waals surface area (Å²) >= 11 is 0. The maximum absolute atomic E-state index is 11.8. The van der Waals surface area contributed by atoms with Gasteiger partial charge in [-0.15, -0.1) is 0 Å². The fourth-order valence-corrected chi connectivity index (χ4v) is 1.71. The molecule has 0 unspecified atom stereocenters. The monoisotopic (exact) mass is 286 g/mol. The van der Waals surface area contributed by atoms with Crippen molar-refractivity contribution in [2.45, 2.75) is 6.92 Å². The van der Waals surface area contributed by atoms with Crippen LogP contribution in [-0.2, 0) is 4.79 Å². The molecule has 1 N–H and O–H groups in total. The van der Waals surface area contributed by atoms with Gasteiger partial charge in [-0.2, -0.15) is 0 Å². The van der Waals surface area contributed by atoms with Crippen LogP contribution in [0, 0.1) is 17.0 Å². The Morgan fingerprint density at radius 3 is 2.62 bits per heavy atom. The lowest BCUT2D eigenvalue weighted by Crippen LogP contribution is -2.20. The van der Waals surface area contributed by atoms with E-state index in [0.29, 0.717) is 11.4 Å². The number of benzene rings is 2. The quantitative estimate of drug-likeness (QED) is 0.676. The standard InChI is InChI=1S/C15H14N2O4/c1-11-7-8-12(17(19)20)9-14(11)16-15(18)10-21-13-5-3-2-4-6-13/h2-9H,10H2,1H3,(H,16,18). The Balaban J connectivity index is 1.99. The lowest BCUT2D eigenvalue weighted by atomic mass is 10.2. The Morgan fingerprint density at radius 1 is 1.24 bits per heavy atom. The minimum atomic E-state index is -0.504. The number of nitrogens with one attached hydrogen (secondary N) is 1. The maximum atomic E-state index is 11.8. The SMILES string of the molecule is Cc1ccc([N+](=O)[O-])cc1NC(=O)COc1ccccc1. The Bertz CT molecular complexity index is 656. The third-order valence-electron chi connectivity index (χ3n) is 2.82. The van der Waals surface area contributed by atoms with Crippen molar-refractivity contribution in [3.05, 3.63) is 64.2 Å². The molecule has 0 saturated heterocycles. The summed E-state index contributed by atoms with van der Waals surface area (Å²) in [4.78, 5) is 22.0.